The van der Waals surface area contributed by atoms with Gasteiger partial charge in [0, 0.05) is 11.9 Å². The van der Waals surface area contributed by atoms with Gasteiger partial charge in [-0.05, 0) is 25.1 Å². The fraction of sp³-hybridized carbons (Fsp3) is 0.0769. The molecule has 1 aromatic carbocycles. The second kappa shape index (κ2) is 4.65. The van der Waals surface area contributed by atoms with Gasteiger partial charge in [0.25, 0.3) is 5.56 Å². The van der Waals surface area contributed by atoms with E-state index in [1.165, 1.54) is 12.3 Å². The molecule has 1 aromatic heterocycles. The summed E-state index contributed by atoms with van der Waals surface area (Å²) in [7, 11) is 0. The Labute approximate surface area is 98.3 Å². The first-order valence-electron chi connectivity index (χ1n) is 5.19. The summed E-state index contributed by atoms with van der Waals surface area (Å²) in [4.78, 5) is 18.3. The van der Waals surface area contributed by atoms with E-state index in [9.17, 15) is 9.90 Å². The third kappa shape index (κ3) is 2.60. The van der Waals surface area contributed by atoms with Gasteiger partial charge in [-0.25, -0.2) is 0 Å². The molecule has 0 unspecified atom stereocenters. The molecule has 0 bridgehead atoms. The van der Waals surface area contributed by atoms with Gasteiger partial charge >= 0.3 is 0 Å². The van der Waals surface area contributed by atoms with Crippen molar-refractivity contribution in [3.05, 3.63) is 58.0 Å². The van der Waals surface area contributed by atoms with Crippen LogP contribution in [0.2, 0.25) is 0 Å². The lowest BCUT2D eigenvalue weighted by Crippen LogP contribution is -2.12. The van der Waals surface area contributed by atoms with Crippen LogP contribution in [-0.4, -0.2) is 16.3 Å². The Kier molecular flexibility index (Phi) is 3.05. The molecule has 2 aromatic rings. The minimum atomic E-state index is -0.345. The van der Waals surface area contributed by atoms with Gasteiger partial charge in [0.05, 0.1) is 11.3 Å². The van der Waals surface area contributed by atoms with Crippen LogP contribution in [0.3, 0.4) is 0 Å². The van der Waals surface area contributed by atoms with E-state index in [1.807, 2.05) is 30.3 Å². The molecule has 0 fully saturated rings. The van der Waals surface area contributed by atoms with Gasteiger partial charge in [0.15, 0.2) is 0 Å². The molecule has 0 spiro atoms. The summed E-state index contributed by atoms with van der Waals surface area (Å²) >= 11 is 0. The first-order chi connectivity index (χ1) is 8.16. The zero-order valence-corrected chi connectivity index (χ0v) is 9.34. The number of benzene rings is 1. The van der Waals surface area contributed by atoms with Gasteiger partial charge in [0.1, 0.15) is 5.75 Å². The van der Waals surface area contributed by atoms with Gasteiger partial charge in [-0.15, -0.1) is 0 Å². The fourth-order valence-corrected chi connectivity index (χ4v) is 1.46. The third-order valence-electron chi connectivity index (χ3n) is 2.28. The highest BCUT2D eigenvalue weighted by atomic mass is 16.3. The second-order valence-electron chi connectivity index (χ2n) is 3.67. The van der Waals surface area contributed by atoms with Gasteiger partial charge in [-0.3, -0.25) is 9.79 Å². The van der Waals surface area contributed by atoms with Crippen LogP contribution in [0.1, 0.15) is 11.3 Å². The maximum Gasteiger partial charge on any atom is 0.260 e. The largest absolute Gasteiger partial charge is 0.507 e. The van der Waals surface area contributed by atoms with Crippen molar-refractivity contribution in [3.63, 3.8) is 0 Å². The Bertz CT molecular complexity index is 601. The van der Waals surface area contributed by atoms with Gasteiger partial charge in [-0.2, -0.15) is 0 Å². The second-order valence-corrected chi connectivity index (χ2v) is 3.67. The van der Waals surface area contributed by atoms with Gasteiger partial charge in [0.2, 0.25) is 0 Å². The minimum Gasteiger partial charge on any atom is -0.507 e. The number of rotatable bonds is 2. The standard InChI is InChI=1S/C13H12N2O2/c1-9-7-12(16)11(13(17)15-9)8-14-10-5-3-2-4-6-10/h2-8H,1H3,(H2,15,16,17). The number of hydrogen-bond acceptors (Lipinski definition) is 3. The number of hydrogen-bond donors (Lipinski definition) is 2. The molecule has 0 aliphatic carbocycles. The third-order valence-corrected chi connectivity index (χ3v) is 2.28. The molecule has 0 radical (unpaired) electrons. The van der Waals surface area contributed by atoms with E-state index in [4.69, 9.17) is 0 Å². The molecule has 1 heterocycles. The molecule has 4 heteroatoms. The van der Waals surface area contributed by atoms with Crippen molar-refractivity contribution in [2.75, 3.05) is 0 Å². The van der Waals surface area contributed by atoms with Crippen LogP contribution in [-0.2, 0) is 0 Å². The van der Waals surface area contributed by atoms with E-state index in [0.29, 0.717) is 5.69 Å². The number of nitrogens with one attached hydrogen (secondary N) is 1. The van der Waals surface area contributed by atoms with E-state index in [0.717, 1.165) is 5.69 Å². The topological polar surface area (TPSA) is 65.5 Å². The number of nitrogens with zero attached hydrogens (tertiary/aromatic N) is 1. The molecule has 4 nitrogen and oxygen atoms in total. The quantitative estimate of drug-likeness (QED) is 0.773. The average Bonchev–Trinajstić information content (AvgIpc) is 2.29. The summed E-state index contributed by atoms with van der Waals surface area (Å²) in [6, 6.07) is 10.7. The highest BCUT2D eigenvalue weighted by molar-refractivity contribution is 5.84. The Balaban J connectivity index is 2.37. The summed E-state index contributed by atoms with van der Waals surface area (Å²) < 4.78 is 0. The molecular weight excluding hydrogens is 216 g/mol. The molecule has 0 aliphatic rings. The minimum absolute atomic E-state index is 0.0640. The maximum absolute atomic E-state index is 11.6. The lowest BCUT2D eigenvalue weighted by atomic mass is 10.2. The van der Waals surface area contributed by atoms with Crippen molar-refractivity contribution in [3.8, 4) is 5.75 Å². The van der Waals surface area contributed by atoms with E-state index in [-0.39, 0.29) is 16.9 Å². The molecule has 0 aliphatic heterocycles. The Morgan fingerprint density at radius 2 is 2.00 bits per heavy atom. The monoisotopic (exact) mass is 228 g/mol. The van der Waals surface area contributed by atoms with Crippen LogP contribution in [0.4, 0.5) is 5.69 Å². The van der Waals surface area contributed by atoms with E-state index < -0.39 is 0 Å². The number of pyridine rings is 1. The van der Waals surface area contributed by atoms with Crippen LogP contribution in [0.15, 0.2) is 46.2 Å². The Hall–Kier alpha value is -2.36. The summed E-state index contributed by atoms with van der Waals surface area (Å²) in [5.41, 5.74) is 1.16. The highest BCUT2D eigenvalue weighted by Gasteiger charge is 2.04. The van der Waals surface area contributed by atoms with Gasteiger partial charge < -0.3 is 10.1 Å². The number of aromatic nitrogens is 1. The molecular formula is C13H12N2O2. The number of H-pyrrole nitrogens is 1. The van der Waals surface area contributed by atoms with Crippen LogP contribution >= 0.6 is 0 Å². The van der Waals surface area contributed by atoms with E-state index in [2.05, 4.69) is 9.98 Å². The molecule has 86 valence electrons. The smallest absolute Gasteiger partial charge is 0.260 e. The van der Waals surface area contributed by atoms with Crippen molar-refractivity contribution in [1.29, 1.82) is 0 Å². The normalized spacial score (nSPS) is 10.9. The number of aromatic amines is 1. The lowest BCUT2D eigenvalue weighted by molar-refractivity contribution is 0.472. The van der Waals surface area contributed by atoms with Crippen LogP contribution in [0.5, 0.6) is 5.75 Å². The zero-order valence-electron chi connectivity index (χ0n) is 9.34. The predicted octanol–water partition coefficient (Wildman–Crippen LogP) is 2.14. The molecule has 0 amide bonds. The van der Waals surface area contributed by atoms with Crippen LogP contribution in [0, 0.1) is 6.92 Å². The fourth-order valence-electron chi connectivity index (χ4n) is 1.46. The van der Waals surface area contributed by atoms with E-state index >= 15 is 0 Å². The van der Waals surface area contributed by atoms with Crippen molar-refractivity contribution in [2.45, 2.75) is 6.92 Å². The van der Waals surface area contributed by atoms with Crippen LogP contribution < -0.4 is 5.56 Å². The van der Waals surface area contributed by atoms with Crippen molar-refractivity contribution in [1.82, 2.24) is 4.98 Å². The zero-order chi connectivity index (χ0) is 12.3. The van der Waals surface area contributed by atoms with Crippen LogP contribution in [0.25, 0.3) is 0 Å². The van der Waals surface area contributed by atoms with Crippen molar-refractivity contribution >= 4 is 11.9 Å². The highest BCUT2D eigenvalue weighted by Crippen LogP contribution is 2.13. The lowest BCUT2D eigenvalue weighted by Gasteiger charge is -1.99. The first-order valence-corrected chi connectivity index (χ1v) is 5.19. The molecule has 0 saturated carbocycles. The van der Waals surface area contributed by atoms with E-state index in [1.54, 1.807) is 6.92 Å². The summed E-state index contributed by atoms with van der Waals surface area (Å²) in [5.74, 6) is -0.0640. The Morgan fingerprint density at radius 3 is 2.65 bits per heavy atom. The van der Waals surface area contributed by atoms with Crippen molar-refractivity contribution in [2.24, 2.45) is 4.99 Å². The number of aryl methyl sites for hydroxylation is 1. The average molecular weight is 228 g/mol. The molecule has 2 N–H and O–H groups in total. The number of aliphatic imine (C=N–C) groups is 1. The molecule has 17 heavy (non-hydrogen) atoms. The molecule has 0 atom stereocenters. The summed E-state index contributed by atoms with van der Waals surface area (Å²) in [6.07, 6.45) is 1.36. The maximum atomic E-state index is 11.6. The van der Waals surface area contributed by atoms with Crippen molar-refractivity contribution < 1.29 is 5.11 Å². The predicted molar refractivity (Wildman–Crippen MR) is 67.2 cm³/mol. The first kappa shape index (κ1) is 11.1. The SMILES string of the molecule is Cc1cc(O)c(C=Nc2ccccc2)c(=O)[nH]1. The summed E-state index contributed by atoms with van der Waals surface area (Å²) in [5, 5.41) is 9.64. The number of aromatic hydroxyl groups is 1. The Morgan fingerprint density at radius 1 is 1.29 bits per heavy atom. The molecule has 2 rings (SSSR count). The number of para-hydroxylation sites is 1. The van der Waals surface area contributed by atoms with Gasteiger partial charge in [-0.1, -0.05) is 18.2 Å². The molecule has 0 saturated heterocycles. The summed E-state index contributed by atoms with van der Waals surface area (Å²) in [6.45, 7) is 1.71.